The van der Waals surface area contributed by atoms with Crippen LogP contribution in [0.2, 0.25) is 0 Å². The van der Waals surface area contributed by atoms with Gasteiger partial charge in [-0.2, -0.15) is 0 Å². The molecule has 0 fully saturated rings. The van der Waals surface area contributed by atoms with Crippen molar-refractivity contribution in [2.75, 3.05) is 5.32 Å². The third-order valence-electron chi connectivity index (χ3n) is 3.61. The number of rotatable bonds is 4. The molecule has 1 heterocycles. The molecular weight excluding hydrogens is 276 g/mol. The zero-order valence-electron chi connectivity index (χ0n) is 13.8. The van der Waals surface area contributed by atoms with Crippen molar-refractivity contribution in [1.82, 2.24) is 9.78 Å². The lowest BCUT2D eigenvalue weighted by molar-refractivity contribution is -0.118. The summed E-state index contributed by atoms with van der Waals surface area (Å²) in [7, 11) is 0. The molecule has 1 atom stereocenters. The second-order valence-corrected chi connectivity index (χ2v) is 6.19. The van der Waals surface area contributed by atoms with Crippen LogP contribution >= 0.6 is 0 Å². The minimum atomic E-state index is -0.535. The molecule has 0 aliphatic rings. The molecule has 0 saturated heterocycles. The summed E-state index contributed by atoms with van der Waals surface area (Å²) in [5, 5.41) is 7.26. The Morgan fingerprint density at radius 1 is 1.14 bits per heavy atom. The topological polar surface area (TPSA) is 72.9 Å². The molecule has 1 amide bonds. The lowest BCUT2D eigenvalue weighted by atomic mass is 10.1. The number of aromatic nitrogens is 2. The number of anilines is 1. The van der Waals surface area contributed by atoms with Crippen molar-refractivity contribution in [3.8, 4) is 5.69 Å². The Morgan fingerprint density at radius 2 is 1.73 bits per heavy atom. The number of nitrogens with two attached hydrogens (primary N) is 1. The molecule has 118 valence electrons. The van der Waals surface area contributed by atoms with E-state index in [4.69, 9.17) is 5.73 Å². The largest absolute Gasteiger partial charge is 0.320 e. The van der Waals surface area contributed by atoms with Crippen LogP contribution in [0.15, 0.2) is 24.3 Å². The summed E-state index contributed by atoms with van der Waals surface area (Å²) in [5.41, 5.74) is 10.2. The molecule has 0 aliphatic carbocycles. The number of amides is 1. The molecule has 5 heteroatoms. The first-order valence-corrected chi connectivity index (χ1v) is 7.49. The number of nitrogens with one attached hydrogen (secondary N) is 1. The fourth-order valence-corrected chi connectivity index (χ4v) is 2.38. The molecule has 0 aliphatic heterocycles. The zero-order valence-corrected chi connectivity index (χ0v) is 13.8. The molecule has 5 nitrogen and oxygen atoms in total. The van der Waals surface area contributed by atoms with Crippen LogP contribution < -0.4 is 11.1 Å². The number of hydrogen-bond donors (Lipinski definition) is 2. The third-order valence-corrected chi connectivity index (χ3v) is 3.61. The molecule has 2 aromatic rings. The molecule has 0 unspecified atom stereocenters. The van der Waals surface area contributed by atoms with E-state index in [1.807, 2.05) is 31.5 Å². The van der Waals surface area contributed by atoms with Gasteiger partial charge in [-0.25, -0.2) is 4.68 Å². The van der Waals surface area contributed by atoms with Gasteiger partial charge in [-0.1, -0.05) is 19.9 Å². The third kappa shape index (κ3) is 3.54. The maximum atomic E-state index is 12.0. The molecule has 0 radical (unpaired) electrons. The molecule has 0 bridgehead atoms. The molecule has 22 heavy (non-hydrogen) atoms. The van der Waals surface area contributed by atoms with E-state index in [9.17, 15) is 4.79 Å². The maximum Gasteiger partial charge on any atom is 0.242 e. The predicted molar refractivity (Wildman–Crippen MR) is 89.2 cm³/mol. The van der Waals surface area contributed by atoms with E-state index in [0.29, 0.717) is 5.82 Å². The first kappa shape index (κ1) is 16.2. The second-order valence-electron chi connectivity index (χ2n) is 6.19. The summed E-state index contributed by atoms with van der Waals surface area (Å²) in [6.45, 7) is 9.91. The number of hydrogen-bond acceptors (Lipinski definition) is 3. The van der Waals surface area contributed by atoms with Crippen molar-refractivity contribution in [1.29, 1.82) is 0 Å². The van der Waals surface area contributed by atoms with Crippen LogP contribution in [0.3, 0.4) is 0 Å². The summed E-state index contributed by atoms with van der Waals surface area (Å²) >= 11 is 0. The summed E-state index contributed by atoms with van der Waals surface area (Å²) in [4.78, 5) is 12.0. The molecule has 0 spiro atoms. The predicted octanol–water partition coefficient (Wildman–Crippen LogP) is 2.72. The quantitative estimate of drug-likeness (QED) is 0.912. The minimum Gasteiger partial charge on any atom is -0.320 e. The van der Waals surface area contributed by atoms with Gasteiger partial charge < -0.3 is 11.1 Å². The smallest absolute Gasteiger partial charge is 0.242 e. The number of carbonyl (C=O) groups is 1. The molecule has 2 rings (SSSR count). The van der Waals surface area contributed by atoms with Crippen molar-refractivity contribution in [2.24, 2.45) is 11.7 Å². The Kier molecular flexibility index (Phi) is 4.66. The van der Waals surface area contributed by atoms with Gasteiger partial charge in [-0.15, -0.1) is 5.10 Å². The first-order valence-electron chi connectivity index (χ1n) is 7.49. The highest BCUT2D eigenvalue weighted by Gasteiger charge is 2.18. The Hall–Kier alpha value is -2.14. The van der Waals surface area contributed by atoms with Crippen molar-refractivity contribution in [2.45, 2.75) is 40.7 Å². The molecule has 0 saturated carbocycles. The van der Waals surface area contributed by atoms with E-state index in [2.05, 4.69) is 42.5 Å². The normalized spacial score (nSPS) is 12.5. The van der Waals surface area contributed by atoms with Crippen LogP contribution in [0.1, 0.15) is 30.7 Å². The van der Waals surface area contributed by atoms with Crippen LogP contribution in [-0.4, -0.2) is 21.7 Å². The van der Waals surface area contributed by atoms with Crippen LogP contribution in [0.25, 0.3) is 5.69 Å². The van der Waals surface area contributed by atoms with Gasteiger partial charge in [0.25, 0.3) is 0 Å². The zero-order chi connectivity index (χ0) is 16.4. The monoisotopic (exact) mass is 300 g/mol. The van der Waals surface area contributed by atoms with Crippen LogP contribution in [0.4, 0.5) is 5.82 Å². The van der Waals surface area contributed by atoms with Gasteiger partial charge in [0, 0.05) is 11.8 Å². The van der Waals surface area contributed by atoms with Crippen molar-refractivity contribution in [3.63, 3.8) is 0 Å². The van der Waals surface area contributed by atoms with Crippen LogP contribution in [-0.2, 0) is 4.79 Å². The summed E-state index contributed by atoms with van der Waals surface area (Å²) in [6.07, 6.45) is 0. The van der Waals surface area contributed by atoms with Crippen molar-refractivity contribution < 1.29 is 4.79 Å². The Labute approximate surface area is 131 Å². The highest BCUT2D eigenvalue weighted by molar-refractivity contribution is 5.94. The van der Waals surface area contributed by atoms with Crippen molar-refractivity contribution in [3.05, 3.63) is 41.1 Å². The summed E-state index contributed by atoms with van der Waals surface area (Å²) in [6, 6.07) is 7.57. The molecular formula is C17H24N4O. The second kappa shape index (κ2) is 6.32. The van der Waals surface area contributed by atoms with Gasteiger partial charge in [0.2, 0.25) is 5.91 Å². The van der Waals surface area contributed by atoms with Gasteiger partial charge in [0.1, 0.15) is 0 Å². The molecule has 1 aromatic carbocycles. The Bertz CT molecular complexity index is 668. The Morgan fingerprint density at radius 3 is 2.27 bits per heavy atom. The number of benzene rings is 1. The van der Waals surface area contributed by atoms with Gasteiger partial charge in [0.05, 0.1) is 11.7 Å². The van der Waals surface area contributed by atoms with E-state index in [1.54, 1.807) is 0 Å². The van der Waals surface area contributed by atoms with Gasteiger partial charge in [-0.3, -0.25) is 4.79 Å². The SMILES string of the molecule is Cc1cc(C)cc(-n2nc(NC(=O)[C@@H](N)C(C)C)cc2C)c1. The Balaban J connectivity index is 2.26. The van der Waals surface area contributed by atoms with Gasteiger partial charge >= 0.3 is 0 Å². The number of aryl methyl sites for hydroxylation is 3. The van der Waals surface area contributed by atoms with E-state index in [1.165, 1.54) is 11.1 Å². The average molecular weight is 300 g/mol. The van der Waals surface area contributed by atoms with Crippen LogP contribution in [0, 0.1) is 26.7 Å². The summed E-state index contributed by atoms with van der Waals surface area (Å²) < 4.78 is 1.83. The van der Waals surface area contributed by atoms with E-state index >= 15 is 0 Å². The lowest BCUT2D eigenvalue weighted by Gasteiger charge is -2.13. The molecule has 1 aromatic heterocycles. The highest BCUT2D eigenvalue weighted by atomic mass is 16.2. The summed E-state index contributed by atoms with van der Waals surface area (Å²) in [5.74, 6) is 0.403. The lowest BCUT2D eigenvalue weighted by Crippen LogP contribution is -2.39. The van der Waals surface area contributed by atoms with E-state index in [-0.39, 0.29) is 11.8 Å². The minimum absolute atomic E-state index is 0.0857. The first-order chi connectivity index (χ1) is 10.3. The van der Waals surface area contributed by atoms with Gasteiger partial charge in [0.15, 0.2) is 5.82 Å². The van der Waals surface area contributed by atoms with E-state index < -0.39 is 6.04 Å². The average Bonchev–Trinajstić information content (AvgIpc) is 2.77. The van der Waals surface area contributed by atoms with E-state index in [0.717, 1.165) is 11.4 Å². The van der Waals surface area contributed by atoms with Crippen LogP contribution in [0.5, 0.6) is 0 Å². The van der Waals surface area contributed by atoms with Crippen molar-refractivity contribution >= 4 is 11.7 Å². The number of nitrogens with zero attached hydrogens (tertiary/aromatic N) is 2. The maximum absolute atomic E-state index is 12.0. The highest BCUT2D eigenvalue weighted by Crippen LogP contribution is 2.18. The fourth-order valence-electron chi connectivity index (χ4n) is 2.38. The fraction of sp³-hybridized carbons (Fsp3) is 0.412. The number of carbonyl (C=O) groups excluding carboxylic acids is 1. The van der Waals surface area contributed by atoms with Gasteiger partial charge in [-0.05, 0) is 49.9 Å². The standard InChI is InChI=1S/C17H24N4O/c1-10(2)16(18)17(22)19-15-9-13(5)21(20-15)14-7-11(3)6-12(4)8-14/h6-10,16H,18H2,1-5H3,(H,19,20,22)/t16-/m0/s1. The molecule has 3 N–H and O–H groups in total.